The average Bonchev–Trinajstić information content (AvgIpc) is 2.51. The van der Waals surface area contributed by atoms with E-state index in [1.54, 1.807) is 0 Å². The Morgan fingerprint density at radius 2 is 1.20 bits per heavy atom. The summed E-state index contributed by atoms with van der Waals surface area (Å²) in [5.41, 5.74) is 0. The Balaban J connectivity index is 1.73. The molecule has 0 bridgehead atoms. The number of hydrogen-bond donors (Lipinski definition) is 0. The van der Waals surface area contributed by atoms with E-state index in [9.17, 15) is 0 Å². The molecule has 0 aromatic rings. The second kappa shape index (κ2) is 9.65. The molecule has 0 aromatic heterocycles. The van der Waals surface area contributed by atoms with Gasteiger partial charge in [-0.2, -0.15) is 0 Å². The van der Waals surface area contributed by atoms with E-state index in [0.29, 0.717) is 52.9 Å². The van der Waals surface area contributed by atoms with Crippen molar-refractivity contribution < 1.29 is 28.4 Å². The van der Waals surface area contributed by atoms with Gasteiger partial charge in [0.25, 0.3) is 0 Å². The minimum Gasteiger partial charge on any atom is -0.377 e. The standard InChI is InChI=1S/C14H26O6/c1-12-13(18-9-5-15-4-8-17-12)2-3-14-19-10-6-16-7-11-20-14/h12-14H,2-11H2,1H3. The Morgan fingerprint density at radius 3 is 1.85 bits per heavy atom. The zero-order valence-electron chi connectivity index (χ0n) is 12.3. The highest BCUT2D eigenvalue weighted by Crippen LogP contribution is 2.16. The topological polar surface area (TPSA) is 55.4 Å². The molecule has 6 heteroatoms. The van der Waals surface area contributed by atoms with Crippen molar-refractivity contribution in [2.75, 3.05) is 52.9 Å². The van der Waals surface area contributed by atoms with Crippen LogP contribution in [0, 0.1) is 0 Å². The molecule has 0 aromatic carbocycles. The van der Waals surface area contributed by atoms with E-state index in [1.165, 1.54) is 0 Å². The van der Waals surface area contributed by atoms with Crippen molar-refractivity contribution in [1.82, 2.24) is 0 Å². The second-order valence-corrected chi connectivity index (χ2v) is 4.96. The number of hydrogen-bond acceptors (Lipinski definition) is 6. The molecule has 20 heavy (non-hydrogen) atoms. The van der Waals surface area contributed by atoms with Crippen molar-refractivity contribution in [2.24, 2.45) is 0 Å². The molecule has 0 spiro atoms. The molecule has 2 unspecified atom stereocenters. The summed E-state index contributed by atoms with van der Waals surface area (Å²) in [6.45, 7) is 6.96. The Morgan fingerprint density at radius 1 is 0.650 bits per heavy atom. The van der Waals surface area contributed by atoms with Crippen molar-refractivity contribution in [3.8, 4) is 0 Å². The maximum absolute atomic E-state index is 5.84. The van der Waals surface area contributed by atoms with Crippen molar-refractivity contribution in [1.29, 1.82) is 0 Å². The van der Waals surface area contributed by atoms with Gasteiger partial charge in [-0.3, -0.25) is 0 Å². The Labute approximate surface area is 120 Å². The maximum Gasteiger partial charge on any atom is 0.157 e. The summed E-state index contributed by atoms with van der Waals surface area (Å²) in [6.07, 6.45) is 1.61. The van der Waals surface area contributed by atoms with Crippen molar-refractivity contribution in [3.05, 3.63) is 0 Å². The van der Waals surface area contributed by atoms with Gasteiger partial charge in [-0.25, -0.2) is 0 Å². The molecule has 118 valence electrons. The molecular weight excluding hydrogens is 264 g/mol. The van der Waals surface area contributed by atoms with Gasteiger partial charge >= 0.3 is 0 Å². The third-order valence-electron chi connectivity index (χ3n) is 3.44. The van der Waals surface area contributed by atoms with E-state index < -0.39 is 0 Å². The molecule has 2 saturated heterocycles. The highest BCUT2D eigenvalue weighted by Gasteiger charge is 2.22. The lowest BCUT2D eigenvalue weighted by atomic mass is 10.1. The van der Waals surface area contributed by atoms with Crippen LogP contribution in [-0.2, 0) is 28.4 Å². The predicted molar refractivity (Wildman–Crippen MR) is 71.7 cm³/mol. The molecule has 2 rings (SSSR count). The van der Waals surface area contributed by atoms with Crippen LogP contribution in [0.4, 0.5) is 0 Å². The van der Waals surface area contributed by atoms with Crippen LogP contribution in [-0.4, -0.2) is 71.4 Å². The van der Waals surface area contributed by atoms with Crippen LogP contribution in [0.1, 0.15) is 19.8 Å². The predicted octanol–water partition coefficient (Wildman–Crippen LogP) is 0.977. The number of rotatable bonds is 3. The first-order valence-corrected chi connectivity index (χ1v) is 7.48. The van der Waals surface area contributed by atoms with E-state index in [1.807, 2.05) is 6.92 Å². The van der Waals surface area contributed by atoms with Crippen LogP contribution in [0.25, 0.3) is 0 Å². The Kier molecular flexibility index (Phi) is 7.79. The number of ether oxygens (including phenoxy) is 6. The maximum atomic E-state index is 5.84. The van der Waals surface area contributed by atoms with Gasteiger partial charge in [0.15, 0.2) is 6.29 Å². The summed E-state index contributed by atoms with van der Waals surface area (Å²) in [5, 5.41) is 0. The fourth-order valence-corrected chi connectivity index (χ4v) is 2.31. The van der Waals surface area contributed by atoms with Crippen LogP contribution in [0.15, 0.2) is 0 Å². The van der Waals surface area contributed by atoms with Crippen molar-refractivity contribution in [2.45, 2.75) is 38.3 Å². The monoisotopic (exact) mass is 290 g/mol. The van der Waals surface area contributed by atoms with Gasteiger partial charge in [0, 0.05) is 6.42 Å². The molecule has 2 aliphatic heterocycles. The zero-order valence-corrected chi connectivity index (χ0v) is 12.3. The molecule has 2 fully saturated rings. The molecular formula is C14H26O6. The zero-order chi connectivity index (χ0) is 14.0. The van der Waals surface area contributed by atoms with Gasteiger partial charge in [-0.05, 0) is 13.3 Å². The third kappa shape index (κ3) is 6.03. The Hall–Kier alpha value is -0.240. The van der Waals surface area contributed by atoms with Gasteiger partial charge in [0.1, 0.15) is 0 Å². The lowest BCUT2D eigenvalue weighted by molar-refractivity contribution is -0.185. The minimum absolute atomic E-state index is 0.0607. The van der Waals surface area contributed by atoms with E-state index >= 15 is 0 Å². The fraction of sp³-hybridized carbons (Fsp3) is 1.00. The van der Waals surface area contributed by atoms with Gasteiger partial charge in [0.05, 0.1) is 65.1 Å². The van der Waals surface area contributed by atoms with Crippen LogP contribution in [0.2, 0.25) is 0 Å². The van der Waals surface area contributed by atoms with E-state index in [2.05, 4.69) is 0 Å². The lowest BCUT2D eigenvalue weighted by Crippen LogP contribution is -2.32. The summed E-state index contributed by atoms with van der Waals surface area (Å²) < 4.78 is 33.4. The molecule has 0 radical (unpaired) electrons. The first-order valence-electron chi connectivity index (χ1n) is 7.48. The van der Waals surface area contributed by atoms with Gasteiger partial charge < -0.3 is 28.4 Å². The molecule has 6 nitrogen and oxygen atoms in total. The van der Waals surface area contributed by atoms with Crippen molar-refractivity contribution in [3.63, 3.8) is 0 Å². The van der Waals surface area contributed by atoms with Crippen LogP contribution in [0.3, 0.4) is 0 Å². The SMILES string of the molecule is CC1OCCOCCOC1CCC1OCCOCCO1. The summed E-state index contributed by atoms with van der Waals surface area (Å²) in [7, 11) is 0. The average molecular weight is 290 g/mol. The normalized spacial score (nSPS) is 31.6. The van der Waals surface area contributed by atoms with Crippen molar-refractivity contribution >= 4 is 0 Å². The van der Waals surface area contributed by atoms with Gasteiger partial charge in [-0.1, -0.05) is 0 Å². The molecule has 0 amide bonds. The molecule has 0 aliphatic carbocycles. The molecule has 0 N–H and O–H groups in total. The smallest absolute Gasteiger partial charge is 0.157 e. The first-order chi connectivity index (χ1) is 9.86. The van der Waals surface area contributed by atoms with Gasteiger partial charge in [0.2, 0.25) is 0 Å². The van der Waals surface area contributed by atoms with Crippen LogP contribution in [0.5, 0.6) is 0 Å². The molecule has 2 aliphatic rings. The third-order valence-corrected chi connectivity index (χ3v) is 3.44. The molecule has 0 saturated carbocycles. The Bertz CT molecular complexity index is 242. The largest absolute Gasteiger partial charge is 0.377 e. The highest BCUT2D eigenvalue weighted by molar-refractivity contribution is 4.69. The second-order valence-electron chi connectivity index (χ2n) is 4.96. The fourth-order valence-electron chi connectivity index (χ4n) is 2.31. The van der Waals surface area contributed by atoms with E-state index in [4.69, 9.17) is 28.4 Å². The minimum atomic E-state index is -0.168. The summed E-state index contributed by atoms with van der Waals surface area (Å²) in [4.78, 5) is 0. The van der Waals surface area contributed by atoms with E-state index in [-0.39, 0.29) is 18.5 Å². The van der Waals surface area contributed by atoms with E-state index in [0.717, 1.165) is 12.8 Å². The lowest BCUT2D eigenvalue weighted by Gasteiger charge is -2.26. The molecule has 2 heterocycles. The van der Waals surface area contributed by atoms with Gasteiger partial charge in [-0.15, -0.1) is 0 Å². The quantitative estimate of drug-likeness (QED) is 0.772. The highest BCUT2D eigenvalue weighted by atomic mass is 16.7. The summed E-state index contributed by atoms with van der Waals surface area (Å²) in [6, 6.07) is 0. The summed E-state index contributed by atoms with van der Waals surface area (Å²) >= 11 is 0. The van der Waals surface area contributed by atoms with Crippen LogP contribution >= 0.6 is 0 Å². The molecule has 2 atom stereocenters. The first kappa shape index (κ1) is 16.1. The van der Waals surface area contributed by atoms with Crippen LogP contribution < -0.4 is 0 Å². The summed E-state index contributed by atoms with van der Waals surface area (Å²) in [5.74, 6) is 0.